The summed E-state index contributed by atoms with van der Waals surface area (Å²) < 4.78 is 68.5. The number of aliphatic hydroxyl groups excluding tert-OH is 1. The van der Waals surface area contributed by atoms with Crippen LogP contribution in [-0.4, -0.2) is 96.7 Å². The van der Waals surface area contributed by atoms with Crippen LogP contribution in [0.5, 0.6) is 0 Å². The zero-order valence-electron chi connectivity index (χ0n) is 63.4. The molecule has 2 unspecified atom stereocenters. The number of ether oxygens (including phenoxy) is 4. The van der Waals surface area contributed by atoms with Gasteiger partial charge in [-0.25, -0.2) is 9.13 Å². The van der Waals surface area contributed by atoms with E-state index in [1.165, 1.54) is 225 Å². The Hall–Kier alpha value is -1.94. The Balaban J connectivity index is 5.18. The van der Waals surface area contributed by atoms with E-state index in [0.717, 1.165) is 95.8 Å². The normalized spacial score (nSPS) is 14.0. The van der Waals surface area contributed by atoms with Gasteiger partial charge in [0.25, 0.3) is 0 Å². The van der Waals surface area contributed by atoms with Gasteiger partial charge in [-0.3, -0.25) is 37.3 Å². The maximum absolute atomic E-state index is 13.1. The van der Waals surface area contributed by atoms with Gasteiger partial charge in [-0.1, -0.05) is 356 Å². The molecule has 5 atom stereocenters. The molecule has 576 valence electrons. The summed E-state index contributed by atoms with van der Waals surface area (Å²) in [6, 6.07) is 0. The van der Waals surface area contributed by atoms with Crippen LogP contribution in [0.2, 0.25) is 0 Å². The van der Waals surface area contributed by atoms with Crippen LogP contribution in [0.3, 0.4) is 0 Å². The average molecular weight is 1420 g/mol. The van der Waals surface area contributed by atoms with Gasteiger partial charge in [0.2, 0.25) is 0 Å². The maximum atomic E-state index is 13.1. The molecule has 0 fully saturated rings. The monoisotopic (exact) mass is 1420 g/mol. The van der Waals surface area contributed by atoms with Crippen molar-refractivity contribution >= 4 is 39.5 Å². The minimum atomic E-state index is -4.96. The van der Waals surface area contributed by atoms with Crippen molar-refractivity contribution in [1.82, 2.24) is 0 Å². The van der Waals surface area contributed by atoms with Gasteiger partial charge < -0.3 is 33.8 Å². The van der Waals surface area contributed by atoms with Gasteiger partial charge in [0.05, 0.1) is 26.4 Å². The number of unbranched alkanes of at least 4 members (excludes halogenated alkanes) is 47. The van der Waals surface area contributed by atoms with Crippen LogP contribution in [0.4, 0.5) is 0 Å². The Morgan fingerprint density at radius 1 is 0.278 bits per heavy atom. The summed E-state index contributed by atoms with van der Waals surface area (Å²) >= 11 is 0. The minimum Gasteiger partial charge on any atom is -0.462 e. The molecule has 0 aromatic heterocycles. The lowest BCUT2D eigenvalue weighted by atomic mass is 10.0. The quantitative estimate of drug-likeness (QED) is 0.0222. The van der Waals surface area contributed by atoms with Gasteiger partial charge in [-0.05, 0) is 37.5 Å². The summed E-state index contributed by atoms with van der Waals surface area (Å²) in [6.07, 6.45) is 58.6. The molecule has 0 radical (unpaired) electrons. The lowest BCUT2D eigenvalue weighted by molar-refractivity contribution is -0.161. The third kappa shape index (κ3) is 72.2. The van der Waals surface area contributed by atoms with Crippen molar-refractivity contribution < 1.29 is 80.2 Å². The standard InChI is InChI=1S/C78H152O17P2/c1-7-9-11-13-15-17-18-19-20-21-22-23-24-25-26-31-34-38-44-50-56-62-77(82)94-73(66-89-76(81)61-55-49-43-37-33-30-28-27-29-32-36-40-46-52-58-70(3)4)68-92-96(84,85)90-64-72(79)65-91-97(86,87)93-69-74(67-88-75(80)60-54-48-42-35-16-14-12-10-8-2)95-78(83)63-57-51-45-39-41-47-53-59-71(5)6/h70-74,79H,7-69H2,1-6H3,(H,84,85)(H,86,87)/t72-,73-,74-/m1/s1. The zero-order chi connectivity index (χ0) is 71.4. The van der Waals surface area contributed by atoms with Gasteiger partial charge in [0.1, 0.15) is 19.3 Å². The molecule has 0 aromatic rings. The fraction of sp³-hybridized carbons (Fsp3) is 0.949. The molecular formula is C78H152O17P2. The molecule has 97 heavy (non-hydrogen) atoms. The maximum Gasteiger partial charge on any atom is 0.472 e. The molecule has 0 amide bonds. The fourth-order valence-corrected chi connectivity index (χ4v) is 13.6. The van der Waals surface area contributed by atoms with Gasteiger partial charge in [-0.2, -0.15) is 0 Å². The minimum absolute atomic E-state index is 0.104. The highest BCUT2D eigenvalue weighted by molar-refractivity contribution is 7.47. The first-order valence-electron chi connectivity index (χ1n) is 40.5. The lowest BCUT2D eigenvalue weighted by Crippen LogP contribution is -2.30. The van der Waals surface area contributed by atoms with Crippen molar-refractivity contribution in [3.63, 3.8) is 0 Å². The van der Waals surface area contributed by atoms with Gasteiger partial charge in [-0.15, -0.1) is 0 Å². The SMILES string of the molecule is CCCCCCCCCCCCCCCCCCCCCCCC(=O)O[C@H](COC(=O)CCCCCCCCCCCCCCCCC(C)C)COP(=O)(O)OC[C@@H](O)COP(=O)(O)OC[C@@H](COC(=O)CCCCCCCCCCC)OC(=O)CCCCCCCCCC(C)C. The number of carbonyl (C=O) groups excluding carboxylic acids is 4. The molecule has 0 aliphatic carbocycles. The van der Waals surface area contributed by atoms with Crippen LogP contribution in [-0.2, 0) is 65.4 Å². The topological polar surface area (TPSA) is 237 Å². The van der Waals surface area contributed by atoms with Gasteiger partial charge >= 0.3 is 39.5 Å². The van der Waals surface area contributed by atoms with Crippen LogP contribution < -0.4 is 0 Å². The van der Waals surface area contributed by atoms with Gasteiger partial charge in [0.15, 0.2) is 12.2 Å². The van der Waals surface area contributed by atoms with Crippen molar-refractivity contribution in [2.45, 2.75) is 426 Å². The van der Waals surface area contributed by atoms with Crippen molar-refractivity contribution in [2.75, 3.05) is 39.6 Å². The second-order valence-corrected chi connectivity index (χ2v) is 32.0. The Kier molecular flexibility index (Phi) is 68.4. The highest BCUT2D eigenvalue weighted by atomic mass is 31.2. The summed E-state index contributed by atoms with van der Waals surface area (Å²) in [7, 11) is -9.91. The lowest BCUT2D eigenvalue weighted by Gasteiger charge is -2.21. The Morgan fingerprint density at radius 3 is 0.701 bits per heavy atom. The molecule has 0 saturated carbocycles. The van der Waals surface area contributed by atoms with Crippen molar-refractivity contribution in [1.29, 1.82) is 0 Å². The number of hydrogen-bond acceptors (Lipinski definition) is 15. The number of carbonyl (C=O) groups is 4. The molecule has 0 aromatic carbocycles. The van der Waals surface area contributed by atoms with E-state index in [1.54, 1.807) is 0 Å². The van der Waals surface area contributed by atoms with Crippen LogP contribution in [0, 0.1) is 11.8 Å². The molecule has 17 nitrogen and oxygen atoms in total. The van der Waals surface area contributed by atoms with E-state index in [0.29, 0.717) is 31.6 Å². The zero-order valence-corrected chi connectivity index (χ0v) is 65.2. The van der Waals surface area contributed by atoms with E-state index in [-0.39, 0.29) is 25.7 Å². The van der Waals surface area contributed by atoms with Crippen LogP contribution in [0.1, 0.15) is 408 Å². The highest BCUT2D eigenvalue weighted by Crippen LogP contribution is 2.45. The molecule has 0 spiro atoms. The summed E-state index contributed by atoms with van der Waals surface area (Å²) in [5, 5.41) is 10.6. The summed E-state index contributed by atoms with van der Waals surface area (Å²) in [4.78, 5) is 72.8. The summed E-state index contributed by atoms with van der Waals surface area (Å²) in [5.41, 5.74) is 0. The molecule has 0 saturated heterocycles. The molecular weight excluding hydrogens is 1270 g/mol. The highest BCUT2D eigenvalue weighted by Gasteiger charge is 2.30. The molecule has 0 heterocycles. The molecule has 0 rings (SSSR count). The second-order valence-electron chi connectivity index (χ2n) is 29.1. The van der Waals surface area contributed by atoms with Crippen LogP contribution in [0.25, 0.3) is 0 Å². The first kappa shape index (κ1) is 95.1. The summed E-state index contributed by atoms with van der Waals surface area (Å²) in [5.74, 6) is -0.623. The molecule has 0 aliphatic heterocycles. The Labute approximate surface area is 594 Å². The molecule has 0 aliphatic rings. The number of hydrogen-bond donors (Lipinski definition) is 3. The van der Waals surface area contributed by atoms with E-state index in [4.69, 9.17) is 37.0 Å². The Bertz CT molecular complexity index is 1870. The smallest absolute Gasteiger partial charge is 0.462 e. The van der Waals surface area contributed by atoms with E-state index >= 15 is 0 Å². The number of phosphoric acid groups is 2. The third-order valence-electron chi connectivity index (χ3n) is 18.2. The summed E-state index contributed by atoms with van der Waals surface area (Å²) in [6.45, 7) is 9.55. The van der Waals surface area contributed by atoms with E-state index in [2.05, 4.69) is 41.5 Å². The Morgan fingerprint density at radius 2 is 0.474 bits per heavy atom. The number of esters is 4. The number of phosphoric ester groups is 2. The van der Waals surface area contributed by atoms with Crippen molar-refractivity contribution in [3.05, 3.63) is 0 Å². The fourth-order valence-electron chi connectivity index (χ4n) is 12.0. The number of rotatable bonds is 77. The van der Waals surface area contributed by atoms with Crippen LogP contribution in [0.15, 0.2) is 0 Å². The van der Waals surface area contributed by atoms with E-state index in [9.17, 15) is 43.2 Å². The van der Waals surface area contributed by atoms with Crippen molar-refractivity contribution in [2.24, 2.45) is 11.8 Å². The largest absolute Gasteiger partial charge is 0.472 e. The van der Waals surface area contributed by atoms with Crippen LogP contribution >= 0.6 is 15.6 Å². The predicted molar refractivity (Wildman–Crippen MR) is 395 cm³/mol. The van der Waals surface area contributed by atoms with E-state index in [1.807, 2.05) is 0 Å². The second kappa shape index (κ2) is 69.8. The third-order valence-corrected chi connectivity index (χ3v) is 20.1. The molecule has 19 heteroatoms. The number of aliphatic hydroxyl groups is 1. The first-order valence-corrected chi connectivity index (χ1v) is 43.5. The molecule has 3 N–H and O–H groups in total. The van der Waals surface area contributed by atoms with E-state index < -0.39 is 97.5 Å². The average Bonchev–Trinajstić information content (AvgIpc) is 1.47. The predicted octanol–water partition coefficient (Wildman–Crippen LogP) is 23.1. The van der Waals surface area contributed by atoms with Crippen molar-refractivity contribution in [3.8, 4) is 0 Å². The van der Waals surface area contributed by atoms with Gasteiger partial charge in [0, 0.05) is 25.7 Å². The first-order chi connectivity index (χ1) is 46.9. The molecule has 0 bridgehead atoms.